The van der Waals surface area contributed by atoms with Crippen molar-refractivity contribution in [1.29, 1.82) is 0 Å². The van der Waals surface area contributed by atoms with E-state index >= 15 is 0 Å². The predicted molar refractivity (Wildman–Crippen MR) is 81.1 cm³/mol. The number of aromatic nitrogens is 1. The maximum absolute atomic E-state index is 9.99. The highest BCUT2D eigenvalue weighted by molar-refractivity contribution is 7.11. The molecule has 1 aromatic carbocycles. The summed E-state index contributed by atoms with van der Waals surface area (Å²) in [4.78, 5) is 7.51. The Kier molecular flexibility index (Phi) is 5.52. The normalized spacial score (nSPS) is 12.6. The first-order chi connectivity index (χ1) is 9.63. The van der Waals surface area contributed by atoms with Crippen molar-refractivity contribution in [2.24, 2.45) is 0 Å². The van der Waals surface area contributed by atoms with Crippen LogP contribution in [0.25, 0.3) is 0 Å². The fourth-order valence-electron chi connectivity index (χ4n) is 1.93. The minimum Gasteiger partial charge on any atom is -0.491 e. The van der Waals surface area contributed by atoms with Crippen molar-refractivity contribution in [3.63, 3.8) is 0 Å². The third-order valence-electron chi connectivity index (χ3n) is 2.80. The molecule has 4 nitrogen and oxygen atoms in total. The molecule has 0 bridgehead atoms. The van der Waals surface area contributed by atoms with Gasteiger partial charge in [0.1, 0.15) is 18.5 Å². The highest BCUT2D eigenvalue weighted by Crippen LogP contribution is 2.14. The Morgan fingerprint density at radius 3 is 2.75 bits per heavy atom. The number of likely N-dealkylation sites (N-methyl/N-ethyl adjacent to an activating group) is 1. The fourth-order valence-corrected chi connectivity index (χ4v) is 2.81. The molecule has 0 saturated carbocycles. The van der Waals surface area contributed by atoms with E-state index in [-0.39, 0.29) is 0 Å². The molecular weight excluding hydrogens is 272 g/mol. The SMILES string of the molecule is Cc1ncc(CN(C)C[C@@H](O)COc2ccccc2)s1. The lowest BCUT2D eigenvalue weighted by atomic mass is 10.3. The van der Waals surface area contributed by atoms with Gasteiger partial charge in [0.15, 0.2) is 0 Å². The predicted octanol–water partition coefficient (Wildman–Crippen LogP) is 2.32. The van der Waals surface area contributed by atoms with Crippen LogP contribution in [0.15, 0.2) is 36.5 Å². The topological polar surface area (TPSA) is 45.6 Å². The molecule has 0 fully saturated rings. The molecule has 20 heavy (non-hydrogen) atoms. The highest BCUT2D eigenvalue weighted by atomic mass is 32.1. The Hall–Kier alpha value is -1.43. The molecule has 1 N–H and O–H groups in total. The first-order valence-electron chi connectivity index (χ1n) is 6.59. The minimum atomic E-state index is -0.505. The molecule has 0 radical (unpaired) electrons. The van der Waals surface area contributed by atoms with Crippen LogP contribution in [0.4, 0.5) is 0 Å². The van der Waals surface area contributed by atoms with E-state index in [9.17, 15) is 5.11 Å². The van der Waals surface area contributed by atoms with Gasteiger partial charge in [-0.3, -0.25) is 4.90 Å². The molecule has 0 saturated heterocycles. The Bertz CT molecular complexity index is 516. The quantitative estimate of drug-likeness (QED) is 0.851. The zero-order valence-electron chi connectivity index (χ0n) is 11.8. The molecule has 0 aliphatic heterocycles. The Balaban J connectivity index is 1.72. The van der Waals surface area contributed by atoms with Gasteiger partial charge in [0.2, 0.25) is 0 Å². The number of rotatable bonds is 7. The molecule has 1 atom stereocenters. The summed E-state index contributed by atoms with van der Waals surface area (Å²) < 4.78 is 5.54. The van der Waals surface area contributed by atoms with Gasteiger partial charge in [-0.15, -0.1) is 11.3 Å². The van der Waals surface area contributed by atoms with E-state index in [2.05, 4.69) is 9.88 Å². The van der Waals surface area contributed by atoms with Crippen LogP contribution in [0.3, 0.4) is 0 Å². The van der Waals surface area contributed by atoms with Crippen LogP contribution >= 0.6 is 11.3 Å². The zero-order chi connectivity index (χ0) is 14.4. The maximum atomic E-state index is 9.99. The van der Waals surface area contributed by atoms with Gasteiger partial charge >= 0.3 is 0 Å². The van der Waals surface area contributed by atoms with Gasteiger partial charge in [-0.05, 0) is 26.1 Å². The van der Waals surface area contributed by atoms with Crippen molar-refractivity contribution < 1.29 is 9.84 Å². The molecule has 1 aromatic heterocycles. The van der Waals surface area contributed by atoms with Crippen LogP contribution in [-0.2, 0) is 6.54 Å². The molecule has 0 unspecified atom stereocenters. The van der Waals surface area contributed by atoms with Crippen molar-refractivity contribution in [2.75, 3.05) is 20.2 Å². The number of thiazole rings is 1. The molecule has 108 valence electrons. The summed E-state index contributed by atoms with van der Waals surface area (Å²) in [5.41, 5.74) is 0. The van der Waals surface area contributed by atoms with Crippen LogP contribution in [0, 0.1) is 6.92 Å². The van der Waals surface area contributed by atoms with Crippen molar-refractivity contribution in [1.82, 2.24) is 9.88 Å². The summed E-state index contributed by atoms with van der Waals surface area (Å²) in [7, 11) is 1.99. The first-order valence-corrected chi connectivity index (χ1v) is 7.41. The first kappa shape index (κ1) is 15.0. The molecule has 5 heteroatoms. The van der Waals surface area contributed by atoms with Gasteiger partial charge in [-0.2, -0.15) is 0 Å². The standard InChI is InChI=1S/C15H20N2O2S/c1-12-16-8-15(20-12)10-17(2)9-13(18)11-19-14-6-4-3-5-7-14/h3-8,13,18H,9-11H2,1-2H3/t13-/m1/s1. The van der Waals surface area contributed by atoms with Crippen molar-refractivity contribution in [3.8, 4) is 5.75 Å². The molecule has 2 aromatic rings. The molecule has 0 aliphatic carbocycles. The monoisotopic (exact) mass is 292 g/mol. The lowest BCUT2D eigenvalue weighted by Gasteiger charge is -2.20. The zero-order valence-corrected chi connectivity index (χ0v) is 12.6. The fraction of sp³-hybridized carbons (Fsp3) is 0.400. The van der Waals surface area contributed by atoms with E-state index in [1.54, 1.807) is 11.3 Å². The minimum absolute atomic E-state index is 0.302. The van der Waals surface area contributed by atoms with Crippen LogP contribution < -0.4 is 4.74 Å². The van der Waals surface area contributed by atoms with Crippen molar-refractivity contribution in [2.45, 2.75) is 19.6 Å². The number of nitrogens with zero attached hydrogens (tertiary/aromatic N) is 2. The van der Waals surface area contributed by atoms with E-state index in [1.165, 1.54) is 4.88 Å². The number of benzene rings is 1. The lowest BCUT2D eigenvalue weighted by Crippen LogP contribution is -2.32. The summed E-state index contributed by atoms with van der Waals surface area (Å²) in [6, 6.07) is 9.54. The Labute approximate surface area is 123 Å². The summed E-state index contributed by atoms with van der Waals surface area (Å²) >= 11 is 1.69. The summed E-state index contributed by atoms with van der Waals surface area (Å²) in [5, 5.41) is 11.1. The third-order valence-corrected chi connectivity index (χ3v) is 3.70. The molecular formula is C15H20N2O2S. The van der Waals surface area contributed by atoms with Gasteiger partial charge in [0.05, 0.1) is 5.01 Å². The van der Waals surface area contributed by atoms with Gasteiger partial charge in [0.25, 0.3) is 0 Å². The molecule has 1 heterocycles. The van der Waals surface area contributed by atoms with Crippen LogP contribution in [0.2, 0.25) is 0 Å². The second-order valence-electron chi connectivity index (χ2n) is 4.82. The van der Waals surface area contributed by atoms with Crippen LogP contribution in [-0.4, -0.2) is 41.3 Å². The lowest BCUT2D eigenvalue weighted by molar-refractivity contribution is 0.0746. The van der Waals surface area contributed by atoms with E-state index in [1.807, 2.05) is 50.5 Å². The van der Waals surface area contributed by atoms with E-state index in [4.69, 9.17) is 4.74 Å². The van der Waals surface area contributed by atoms with Crippen LogP contribution in [0.5, 0.6) is 5.75 Å². The third kappa shape index (κ3) is 4.92. The largest absolute Gasteiger partial charge is 0.491 e. The van der Waals surface area contributed by atoms with Gasteiger partial charge in [0, 0.05) is 24.2 Å². The number of aliphatic hydroxyl groups is 1. The van der Waals surface area contributed by atoms with E-state index in [0.29, 0.717) is 13.2 Å². The van der Waals surface area contributed by atoms with Crippen molar-refractivity contribution in [3.05, 3.63) is 46.4 Å². The van der Waals surface area contributed by atoms with E-state index in [0.717, 1.165) is 17.3 Å². The van der Waals surface area contributed by atoms with Crippen LogP contribution in [0.1, 0.15) is 9.88 Å². The summed E-state index contributed by atoms with van der Waals surface area (Å²) in [6.07, 6.45) is 1.39. The van der Waals surface area contributed by atoms with Gasteiger partial charge < -0.3 is 9.84 Å². The molecule has 0 aliphatic rings. The summed E-state index contributed by atoms with van der Waals surface area (Å²) in [5.74, 6) is 0.785. The second kappa shape index (κ2) is 7.38. The number of hydrogen-bond acceptors (Lipinski definition) is 5. The average molecular weight is 292 g/mol. The maximum Gasteiger partial charge on any atom is 0.119 e. The van der Waals surface area contributed by atoms with E-state index < -0.39 is 6.10 Å². The second-order valence-corrected chi connectivity index (χ2v) is 6.14. The summed E-state index contributed by atoms with van der Waals surface area (Å²) in [6.45, 7) is 3.67. The molecule has 2 rings (SSSR count). The number of ether oxygens (including phenoxy) is 1. The smallest absolute Gasteiger partial charge is 0.119 e. The number of hydrogen-bond donors (Lipinski definition) is 1. The highest BCUT2D eigenvalue weighted by Gasteiger charge is 2.10. The van der Waals surface area contributed by atoms with Gasteiger partial charge in [-0.1, -0.05) is 18.2 Å². The van der Waals surface area contributed by atoms with Crippen molar-refractivity contribution >= 4 is 11.3 Å². The average Bonchev–Trinajstić information content (AvgIpc) is 2.83. The number of aryl methyl sites for hydroxylation is 1. The number of para-hydroxylation sites is 1. The molecule has 0 amide bonds. The Morgan fingerprint density at radius 1 is 1.35 bits per heavy atom. The Morgan fingerprint density at radius 2 is 2.10 bits per heavy atom. The van der Waals surface area contributed by atoms with Gasteiger partial charge in [-0.25, -0.2) is 4.98 Å². The number of aliphatic hydroxyl groups excluding tert-OH is 1. The molecule has 0 spiro atoms.